The van der Waals surface area contributed by atoms with Crippen molar-refractivity contribution in [2.24, 2.45) is 0 Å². The van der Waals surface area contributed by atoms with Gasteiger partial charge in [0, 0.05) is 13.1 Å². The first kappa shape index (κ1) is 24.3. The van der Waals surface area contributed by atoms with Gasteiger partial charge in [-0.2, -0.15) is 0 Å². The summed E-state index contributed by atoms with van der Waals surface area (Å²) in [5.41, 5.74) is -0.351. The summed E-state index contributed by atoms with van der Waals surface area (Å²) in [4.78, 5) is 14.6. The summed E-state index contributed by atoms with van der Waals surface area (Å²) >= 11 is 0. The van der Waals surface area contributed by atoms with E-state index >= 15 is 0 Å². The molecule has 0 radical (unpaired) electrons. The molecule has 1 amide bonds. The number of hydrogen-bond donors (Lipinski definition) is 0. The van der Waals surface area contributed by atoms with Crippen molar-refractivity contribution in [2.45, 2.75) is 124 Å². The van der Waals surface area contributed by atoms with Crippen molar-refractivity contribution in [3.8, 4) is 0 Å². The molecule has 0 heterocycles. The summed E-state index contributed by atoms with van der Waals surface area (Å²) in [7, 11) is 0. The van der Waals surface area contributed by atoms with E-state index < -0.39 is 0 Å². The number of carbonyl (C=O) groups is 1. The molecule has 0 bridgehead atoms. The average Bonchev–Trinajstić information content (AvgIpc) is 2.57. The lowest BCUT2D eigenvalue weighted by Crippen LogP contribution is -2.39. The first-order chi connectivity index (χ1) is 12.0. The van der Waals surface area contributed by atoms with E-state index in [1.54, 1.807) is 0 Å². The Morgan fingerprint density at radius 1 is 0.720 bits per heavy atom. The fourth-order valence-electron chi connectivity index (χ4n) is 3.08. The number of carbonyl (C=O) groups excluding carboxylic acids is 1. The van der Waals surface area contributed by atoms with Crippen LogP contribution in [0.1, 0.15) is 118 Å². The summed E-state index contributed by atoms with van der Waals surface area (Å²) in [6, 6.07) is 0. The largest absolute Gasteiger partial charge is 0.443 e. The lowest BCUT2D eigenvalue weighted by Gasteiger charge is -2.30. The third kappa shape index (κ3) is 14.2. The molecule has 25 heavy (non-hydrogen) atoms. The van der Waals surface area contributed by atoms with Crippen LogP contribution in [0.4, 0.5) is 4.79 Å². The summed E-state index contributed by atoms with van der Waals surface area (Å²) < 4.78 is 5.88. The molecule has 0 unspecified atom stereocenters. The van der Waals surface area contributed by atoms with Crippen molar-refractivity contribution in [1.29, 1.82) is 0 Å². The molecule has 0 aromatic heterocycles. The Hall–Kier alpha value is -0.730. The Morgan fingerprint density at radius 3 is 1.60 bits per heavy atom. The predicted molar refractivity (Wildman–Crippen MR) is 109 cm³/mol. The minimum Gasteiger partial charge on any atom is -0.443 e. The Balaban J connectivity index is 4.38. The van der Waals surface area contributed by atoms with Crippen molar-refractivity contribution < 1.29 is 9.53 Å². The Morgan fingerprint density at radius 2 is 1.16 bits per heavy atom. The maximum absolute atomic E-state index is 12.7. The molecule has 0 aromatic carbocycles. The van der Waals surface area contributed by atoms with E-state index in [2.05, 4.69) is 34.6 Å². The second kappa shape index (κ2) is 15.5. The van der Waals surface area contributed by atoms with E-state index in [1.165, 1.54) is 57.8 Å². The number of ether oxygens (including phenoxy) is 1. The van der Waals surface area contributed by atoms with Gasteiger partial charge in [-0.3, -0.25) is 0 Å². The smallest absolute Gasteiger partial charge is 0.410 e. The zero-order valence-electron chi connectivity index (χ0n) is 17.9. The van der Waals surface area contributed by atoms with Crippen LogP contribution in [0.15, 0.2) is 0 Å². The predicted octanol–water partition coefficient (Wildman–Crippen LogP) is 7.33. The summed E-state index contributed by atoms with van der Waals surface area (Å²) in [6.45, 7) is 12.5. The molecule has 150 valence electrons. The van der Waals surface area contributed by atoms with Crippen LogP contribution in [0.25, 0.3) is 0 Å². The molecule has 0 aromatic rings. The molecule has 0 aliphatic rings. The standard InChI is InChI=1S/C22H45NO2/c1-6-9-12-15-18-22(4,5)25-21(24)23(19-16-13-10-7-2)20-17-14-11-8-3/h6-20H2,1-5H3. The minimum absolute atomic E-state index is 0.103. The van der Waals surface area contributed by atoms with E-state index in [4.69, 9.17) is 4.74 Å². The number of nitrogens with zero attached hydrogens (tertiary/aromatic N) is 1. The molecule has 3 heteroatoms. The molecule has 3 nitrogen and oxygen atoms in total. The summed E-state index contributed by atoms with van der Waals surface area (Å²) in [5.74, 6) is 0. The maximum atomic E-state index is 12.7. The Bertz CT molecular complexity index is 303. The fourth-order valence-corrected chi connectivity index (χ4v) is 3.08. The molecule has 0 aliphatic heterocycles. The van der Waals surface area contributed by atoms with Crippen molar-refractivity contribution in [3.05, 3.63) is 0 Å². The van der Waals surface area contributed by atoms with Crippen LogP contribution < -0.4 is 0 Å². The first-order valence-electron chi connectivity index (χ1n) is 10.9. The quantitative estimate of drug-likeness (QED) is 0.271. The van der Waals surface area contributed by atoms with Gasteiger partial charge in [0.05, 0.1) is 0 Å². The van der Waals surface area contributed by atoms with Crippen LogP contribution in [0.5, 0.6) is 0 Å². The molecule has 0 aliphatic carbocycles. The molecule has 0 atom stereocenters. The van der Waals surface area contributed by atoms with Crippen LogP contribution >= 0.6 is 0 Å². The van der Waals surface area contributed by atoms with Crippen LogP contribution in [0.2, 0.25) is 0 Å². The highest BCUT2D eigenvalue weighted by atomic mass is 16.6. The topological polar surface area (TPSA) is 29.5 Å². The van der Waals surface area contributed by atoms with Crippen molar-refractivity contribution in [2.75, 3.05) is 13.1 Å². The fraction of sp³-hybridized carbons (Fsp3) is 0.955. The number of rotatable bonds is 16. The van der Waals surface area contributed by atoms with Gasteiger partial charge in [-0.05, 0) is 39.5 Å². The number of unbranched alkanes of at least 4 members (excludes halogenated alkanes) is 9. The monoisotopic (exact) mass is 355 g/mol. The molecule has 0 rings (SSSR count). The van der Waals surface area contributed by atoms with Crippen LogP contribution in [0, 0.1) is 0 Å². The van der Waals surface area contributed by atoms with E-state index in [0.717, 1.165) is 38.8 Å². The maximum Gasteiger partial charge on any atom is 0.410 e. The minimum atomic E-state index is -0.351. The SMILES string of the molecule is CCCCCCN(CCCCCC)C(=O)OC(C)(C)CCCCCC. The number of amides is 1. The zero-order valence-corrected chi connectivity index (χ0v) is 17.9. The van der Waals surface area contributed by atoms with Crippen molar-refractivity contribution in [3.63, 3.8) is 0 Å². The molecular formula is C22H45NO2. The van der Waals surface area contributed by atoms with Crippen LogP contribution in [-0.2, 0) is 4.74 Å². The van der Waals surface area contributed by atoms with Gasteiger partial charge in [0.15, 0.2) is 0 Å². The van der Waals surface area contributed by atoms with Crippen LogP contribution in [-0.4, -0.2) is 29.7 Å². The molecule has 0 spiro atoms. The first-order valence-corrected chi connectivity index (χ1v) is 10.9. The highest BCUT2D eigenvalue weighted by Gasteiger charge is 2.25. The van der Waals surface area contributed by atoms with E-state index in [-0.39, 0.29) is 11.7 Å². The zero-order chi connectivity index (χ0) is 19.0. The second-order valence-electron chi connectivity index (χ2n) is 8.05. The molecule has 0 N–H and O–H groups in total. The van der Waals surface area contributed by atoms with Gasteiger partial charge in [0.2, 0.25) is 0 Å². The Kier molecular flexibility index (Phi) is 15.1. The van der Waals surface area contributed by atoms with Gasteiger partial charge < -0.3 is 9.64 Å². The highest BCUT2D eigenvalue weighted by molar-refractivity contribution is 5.68. The number of hydrogen-bond acceptors (Lipinski definition) is 2. The van der Waals surface area contributed by atoms with E-state index in [0.29, 0.717) is 0 Å². The third-order valence-electron chi connectivity index (χ3n) is 4.82. The van der Waals surface area contributed by atoms with E-state index in [9.17, 15) is 4.79 Å². The van der Waals surface area contributed by atoms with Gasteiger partial charge in [-0.15, -0.1) is 0 Å². The Labute approximate surface area is 157 Å². The van der Waals surface area contributed by atoms with Gasteiger partial charge in [-0.25, -0.2) is 4.79 Å². The van der Waals surface area contributed by atoms with Crippen molar-refractivity contribution in [1.82, 2.24) is 4.90 Å². The average molecular weight is 356 g/mol. The lowest BCUT2D eigenvalue weighted by molar-refractivity contribution is 0.00651. The van der Waals surface area contributed by atoms with Gasteiger partial charge in [0.1, 0.15) is 5.60 Å². The highest BCUT2D eigenvalue weighted by Crippen LogP contribution is 2.21. The summed E-state index contributed by atoms with van der Waals surface area (Å²) in [6.07, 6.45) is 15.3. The third-order valence-corrected chi connectivity index (χ3v) is 4.82. The lowest BCUT2D eigenvalue weighted by atomic mass is 10.00. The summed E-state index contributed by atoms with van der Waals surface area (Å²) in [5, 5.41) is 0. The van der Waals surface area contributed by atoms with Crippen molar-refractivity contribution >= 4 is 6.09 Å². The van der Waals surface area contributed by atoms with E-state index in [1.807, 2.05) is 4.90 Å². The molecule has 0 saturated carbocycles. The molecular weight excluding hydrogens is 310 g/mol. The second-order valence-corrected chi connectivity index (χ2v) is 8.05. The van der Waals surface area contributed by atoms with Crippen LogP contribution in [0.3, 0.4) is 0 Å². The molecule has 0 saturated heterocycles. The molecule has 0 fully saturated rings. The van der Waals surface area contributed by atoms with Gasteiger partial charge in [0.25, 0.3) is 0 Å². The van der Waals surface area contributed by atoms with Gasteiger partial charge >= 0.3 is 6.09 Å². The normalized spacial score (nSPS) is 11.6. The van der Waals surface area contributed by atoms with Gasteiger partial charge in [-0.1, -0.05) is 78.6 Å².